The Hall–Kier alpha value is -2.70. The van der Waals surface area contributed by atoms with Gasteiger partial charge in [-0.05, 0) is 36.2 Å². The number of nitrogens with zero attached hydrogens (tertiary/aromatic N) is 1. The third-order valence-corrected chi connectivity index (χ3v) is 5.40. The molecule has 3 aromatic rings. The van der Waals surface area contributed by atoms with E-state index in [1.165, 1.54) is 12.1 Å². The average Bonchev–Trinajstić information content (AvgIpc) is 3.12. The maximum Gasteiger partial charge on any atom is 0.224 e. The fourth-order valence-electron chi connectivity index (χ4n) is 3.81. The molecule has 2 aromatic carbocycles. The Kier molecular flexibility index (Phi) is 5.92. The van der Waals surface area contributed by atoms with E-state index >= 15 is 0 Å². The van der Waals surface area contributed by atoms with E-state index in [2.05, 4.69) is 10.2 Å². The standard InChI is InChI=1S/C23H25FN2O3/c1-16-2-7-20-18(15-29-22(20)12-16)13-23(27)25-14-21(26-8-10-28-11-9-26)17-3-5-19(24)6-4-17/h2-7,12,15,21H,8-11,13-14H2,1H3,(H,25,27)/t21-/m0/s1. The Morgan fingerprint density at radius 1 is 1.17 bits per heavy atom. The van der Waals surface area contributed by atoms with Crippen LogP contribution in [0.4, 0.5) is 4.39 Å². The van der Waals surface area contributed by atoms with Gasteiger partial charge in [0.15, 0.2) is 0 Å². The molecule has 1 atom stereocenters. The Morgan fingerprint density at radius 3 is 2.69 bits per heavy atom. The van der Waals surface area contributed by atoms with Gasteiger partial charge in [0.1, 0.15) is 11.4 Å². The molecule has 0 radical (unpaired) electrons. The monoisotopic (exact) mass is 396 g/mol. The van der Waals surface area contributed by atoms with Gasteiger partial charge in [0.25, 0.3) is 0 Å². The fraction of sp³-hybridized carbons (Fsp3) is 0.348. The molecule has 0 spiro atoms. The molecule has 1 fully saturated rings. The summed E-state index contributed by atoms with van der Waals surface area (Å²) in [6, 6.07) is 12.5. The van der Waals surface area contributed by atoms with Crippen LogP contribution in [-0.2, 0) is 16.0 Å². The number of aryl methyl sites for hydroxylation is 1. The molecule has 0 bridgehead atoms. The molecule has 1 aliphatic heterocycles. The summed E-state index contributed by atoms with van der Waals surface area (Å²) in [7, 11) is 0. The predicted molar refractivity (Wildman–Crippen MR) is 109 cm³/mol. The largest absolute Gasteiger partial charge is 0.464 e. The number of amides is 1. The summed E-state index contributed by atoms with van der Waals surface area (Å²) in [4.78, 5) is 14.9. The van der Waals surface area contributed by atoms with Gasteiger partial charge in [-0.15, -0.1) is 0 Å². The normalized spacial score (nSPS) is 16.1. The zero-order valence-electron chi connectivity index (χ0n) is 16.5. The van der Waals surface area contributed by atoms with Crippen LogP contribution in [0, 0.1) is 12.7 Å². The molecule has 152 valence electrons. The Labute approximate surface area is 169 Å². The molecule has 29 heavy (non-hydrogen) atoms. The third kappa shape index (κ3) is 4.66. The minimum atomic E-state index is -0.263. The molecular weight excluding hydrogens is 371 g/mol. The topological polar surface area (TPSA) is 54.7 Å². The van der Waals surface area contributed by atoms with Crippen molar-refractivity contribution in [2.45, 2.75) is 19.4 Å². The second-order valence-corrected chi connectivity index (χ2v) is 7.46. The minimum Gasteiger partial charge on any atom is -0.464 e. The number of hydrogen-bond acceptors (Lipinski definition) is 4. The van der Waals surface area contributed by atoms with Gasteiger partial charge >= 0.3 is 0 Å². The highest BCUT2D eigenvalue weighted by molar-refractivity contribution is 5.87. The minimum absolute atomic E-state index is 0.0211. The van der Waals surface area contributed by atoms with E-state index in [1.54, 1.807) is 18.4 Å². The van der Waals surface area contributed by atoms with Gasteiger partial charge in [0.05, 0.1) is 31.9 Å². The van der Waals surface area contributed by atoms with Crippen molar-refractivity contribution in [3.05, 3.63) is 71.2 Å². The van der Waals surface area contributed by atoms with Gasteiger partial charge in [-0.1, -0.05) is 24.3 Å². The summed E-state index contributed by atoms with van der Waals surface area (Å²) >= 11 is 0. The van der Waals surface area contributed by atoms with Crippen molar-refractivity contribution in [2.75, 3.05) is 32.8 Å². The molecule has 2 heterocycles. The second kappa shape index (κ2) is 8.76. The summed E-state index contributed by atoms with van der Waals surface area (Å²) in [5.74, 6) is -0.325. The van der Waals surface area contributed by atoms with Gasteiger partial charge in [0.2, 0.25) is 5.91 Å². The van der Waals surface area contributed by atoms with E-state index in [1.807, 2.05) is 25.1 Å². The van der Waals surface area contributed by atoms with Crippen molar-refractivity contribution in [1.29, 1.82) is 0 Å². The maximum absolute atomic E-state index is 13.4. The smallest absolute Gasteiger partial charge is 0.224 e. The van der Waals surface area contributed by atoms with Crippen LogP contribution < -0.4 is 5.32 Å². The average molecular weight is 396 g/mol. The number of carbonyl (C=O) groups is 1. The first-order valence-corrected chi connectivity index (χ1v) is 9.91. The Bertz CT molecular complexity index is 977. The molecule has 0 unspecified atom stereocenters. The predicted octanol–water partition coefficient (Wildman–Crippen LogP) is 3.61. The first-order chi connectivity index (χ1) is 14.1. The number of furan rings is 1. The van der Waals surface area contributed by atoms with E-state index in [0.717, 1.165) is 40.7 Å². The SMILES string of the molecule is Cc1ccc2c(CC(=O)NC[C@@H](c3ccc(F)cc3)N3CCOCC3)coc2c1. The number of nitrogens with one attached hydrogen (secondary N) is 1. The van der Waals surface area contributed by atoms with Gasteiger partial charge in [-0.2, -0.15) is 0 Å². The Morgan fingerprint density at radius 2 is 1.93 bits per heavy atom. The fourth-order valence-corrected chi connectivity index (χ4v) is 3.81. The number of halogens is 1. The van der Waals surface area contributed by atoms with Crippen molar-refractivity contribution >= 4 is 16.9 Å². The lowest BCUT2D eigenvalue weighted by Gasteiger charge is -2.35. The van der Waals surface area contributed by atoms with Gasteiger partial charge in [-0.25, -0.2) is 4.39 Å². The molecule has 5 nitrogen and oxygen atoms in total. The van der Waals surface area contributed by atoms with Crippen molar-refractivity contribution in [2.24, 2.45) is 0 Å². The first-order valence-electron chi connectivity index (χ1n) is 9.91. The highest BCUT2D eigenvalue weighted by atomic mass is 19.1. The lowest BCUT2D eigenvalue weighted by molar-refractivity contribution is -0.120. The van der Waals surface area contributed by atoms with Crippen molar-refractivity contribution < 1.29 is 18.3 Å². The van der Waals surface area contributed by atoms with Crippen LogP contribution in [0.1, 0.15) is 22.7 Å². The highest BCUT2D eigenvalue weighted by Crippen LogP contribution is 2.24. The quantitative estimate of drug-likeness (QED) is 0.692. The molecule has 1 aromatic heterocycles. The number of hydrogen-bond donors (Lipinski definition) is 1. The van der Waals surface area contributed by atoms with Crippen molar-refractivity contribution in [3.63, 3.8) is 0 Å². The lowest BCUT2D eigenvalue weighted by Crippen LogP contribution is -2.44. The Balaban J connectivity index is 1.44. The zero-order chi connectivity index (χ0) is 20.2. The first kappa shape index (κ1) is 19.6. The molecule has 1 aliphatic rings. The third-order valence-electron chi connectivity index (χ3n) is 5.40. The van der Waals surface area contributed by atoms with Crippen LogP contribution in [0.5, 0.6) is 0 Å². The summed E-state index contributed by atoms with van der Waals surface area (Å²) in [5.41, 5.74) is 3.78. The molecule has 0 aliphatic carbocycles. The number of fused-ring (bicyclic) bond motifs is 1. The van der Waals surface area contributed by atoms with Gasteiger partial charge in [0, 0.05) is 30.6 Å². The summed E-state index contributed by atoms with van der Waals surface area (Å²) in [5, 5.41) is 4.02. The molecule has 1 saturated heterocycles. The van der Waals surface area contributed by atoms with Crippen LogP contribution in [0.15, 0.2) is 53.1 Å². The van der Waals surface area contributed by atoms with E-state index < -0.39 is 0 Å². The van der Waals surface area contributed by atoms with Gasteiger partial charge < -0.3 is 14.5 Å². The highest BCUT2D eigenvalue weighted by Gasteiger charge is 2.23. The van der Waals surface area contributed by atoms with E-state index in [0.29, 0.717) is 19.8 Å². The summed E-state index contributed by atoms with van der Waals surface area (Å²) in [6.07, 6.45) is 1.92. The van der Waals surface area contributed by atoms with E-state index in [9.17, 15) is 9.18 Å². The molecule has 0 saturated carbocycles. The maximum atomic E-state index is 13.4. The van der Waals surface area contributed by atoms with Crippen molar-refractivity contribution in [3.8, 4) is 0 Å². The van der Waals surface area contributed by atoms with E-state index in [4.69, 9.17) is 9.15 Å². The zero-order valence-corrected chi connectivity index (χ0v) is 16.5. The summed E-state index contributed by atoms with van der Waals surface area (Å²) < 4.78 is 24.4. The lowest BCUT2D eigenvalue weighted by atomic mass is 10.0. The molecule has 6 heteroatoms. The van der Waals surface area contributed by atoms with Gasteiger partial charge in [-0.3, -0.25) is 9.69 Å². The van der Waals surface area contributed by atoms with Crippen LogP contribution in [-0.4, -0.2) is 43.7 Å². The number of carbonyl (C=O) groups excluding carboxylic acids is 1. The number of rotatable bonds is 6. The van der Waals surface area contributed by atoms with Crippen LogP contribution >= 0.6 is 0 Å². The molecular formula is C23H25FN2O3. The van der Waals surface area contributed by atoms with Crippen LogP contribution in [0.25, 0.3) is 11.0 Å². The second-order valence-electron chi connectivity index (χ2n) is 7.46. The molecule has 1 amide bonds. The number of ether oxygens (including phenoxy) is 1. The number of morpholine rings is 1. The molecule has 1 N–H and O–H groups in total. The van der Waals surface area contributed by atoms with E-state index in [-0.39, 0.29) is 24.2 Å². The van der Waals surface area contributed by atoms with Crippen LogP contribution in [0.3, 0.4) is 0 Å². The number of benzene rings is 2. The molecule has 4 rings (SSSR count). The van der Waals surface area contributed by atoms with Crippen molar-refractivity contribution in [1.82, 2.24) is 10.2 Å². The summed E-state index contributed by atoms with van der Waals surface area (Å²) in [6.45, 7) is 5.35. The van der Waals surface area contributed by atoms with Crippen LogP contribution in [0.2, 0.25) is 0 Å².